The zero-order chi connectivity index (χ0) is 23.2. The molecule has 0 bridgehead atoms. The van der Waals surface area contributed by atoms with E-state index in [-0.39, 0.29) is 18.0 Å². The second-order valence-corrected chi connectivity index (χ2v) is 8.67. The number of carbonyl (C=O) groups excluding carboxylic acids is 2. The molecule has 2 saturated heterocycles. The van der Waals surface area contributed by atoms with E-state index in [1.165, 1.54) is 5.69 Å². The molecule has 176 valence electrons. The summed E-state index contributed by atoms with van der Waals surface area (Å²) in [6.45, 7) is 7.73. The smallest absolute Gasteiger partial charge is 0.315 e. The molecule has 2 N–H and O–H groups in total. The number of benzene rings is 2. The highest BCUT2D eigenvalue weighted by atomic mass is 16.5. The lowest BCUT2D eigenvalue weighted by Gasteiger charge is -2.36. The first-order valence-corrected chi connectivity index (χ1v) is 11.5. The van der Waals surface area contributed by atoms with Crippen LogP contribution in [0.2, 0.25) is 0 Å². The fourth-order valence-electron chi connectivity index (χ4n) is 4.37. The van der Waals surface area contributed by atoms with Crippen molar-refractivity contribution >= 4 is 23.3 Å². The van der Waals surface area contributed by atoms with Gasteiger partial charge in [-0.05, 0) is 43.3 Å². The van der Waals surface area contributed by atoms with Crippen LogP contribution in [-0.4, -0.2) is 75.8 Å². The number of anilines is 2. The van der Waals surface area contributed by atoms with Crippen LogP contribution in [0.25, 0.3) is 0 Å². The summed E-state index contributed by atoms with van der Waals surface area (Å²) in [6, 6.07) is 15.7. The molecule has 4 rings (SSSR count). The van der Waals surface area contributed by atoms with Crippen molar-refractivity contribution in [2.45, 2.75) is 19.4 Å². The highest BCUT2D eigenvalue weighted by molar-refractivity contribution is 5.96. The molecular formula is C25H33N5O3. The quantitative estimate of drug-likeness (QED) is 0.675. The third kappa shape index (κ3) is 5.96. The van der Waals surface area contributed by atoms with Gasteiger partial charge in [-0.1, -0.05) is 17.7 Å². The standard InChI is InChI=1S/C25H33N5O3/c1-19-3-5-22(6-4-19)30-18-20(17-24(30)31)27-25(32)26-11-12-28-13-15-29(16-14-28)21-7-9-23(33-2)10-8-21/h3-10,20H,11-18H2,1-2H3,(H2,26,27,32)/t20-/m1/s1. The Morgan fingerprint density at radius 3 is 2.33 bits per heavy atom. The van der Waals surface area contributed by atoms with Gasteiger partial charge in [0.2, 0.25) is 5.91 Å². The first-order chi connectivity index (χ1) is 16.0. The lowest BCUT2D eigenvalue weighted by atomic mass is 10.2. The number of hydrogen-bond acceptors (Lipinski definition) is 5. The second kappa shape index (κ2) is 10.6. The molecule has 2 aromatic rings. The maximum Gasteiger partial charge on any atom is 0.315 e. The Morgan fingerprint density at radius 2 is 1.67 bits per heavy atom. The molecule has 2 heterocycles. The van der Waals surface area contributed by atoms with Gasteiger partial charge in [0.1, 0.15) is 5.75 Å². The molecule has 2 aromatic carbocycles. The summed E-state index contributed by atoms with van der Waals surface area (Å²) < 4.78 is 5.23. The maximum absolute atomic E-state index is 12.4. The molecule has 8 nitrogen and oxygen atoms in total. The summed E-state index contributed by atoms with van der Waals surface area (Å²) in [5.74, 6) is 0.908. The molecule has 8 heteroatoms. The van der Waals surface area contributed by atoms with E-state index >= 15 is 0 Å². The molecule has 1 atom stereocenters. The highest BCUT2D eigenvalue weighted by Crippen LogP contribution is 2.22. The molecule has 0 spiro atoms. The Bertz CT molecular complexity index is 940. The number of hydrogen-bond donors (Lipinski definition) is 2. The summed E-state index contributed by atoms with van der Waals surface area (Å²) in [5.41, 5.74) is 3.24. The van der Waals surface area contributed by atoms with Crippen LogP contribution in [-0.2, 0) is 4.79 Å². The maximum atomic E-state index is 12.4. The van der Waals surface area contributed by atoms with Gasteiger partial charge < -0.3 is 25.2 Å². The molecule has 0 radical (unpaired) electrons. The summed E-state index contributed by atoms with van der Waals surface area (Å²) in [7, 11) is 1.68. The van der Waals surface area contributed by atoms with Crippen LogP contribution in [0.3, 0.4) is 0 Å². The Kier molecular flexibility index (Phi) is 7.34. The molecule has 0 saturated carbocycles. The number of ether oxygens (including phenoxy) is 1. The highest BCUT2D eigenvalue weighted by Gasteiger charge is 2.31. The van der Waals surface area contributed by atoms with E-state index in [9.17, 15) is 9.59 Å². The molecule has 2 fully saturated rings. The van der Waals surface area contributed by atoms with Gasteiger partial charge in [0, 0.05) is 63.6 Å². The van der Waals surface area contributed by atoms with E-state index in [0.29, 0.717) is 19.5 Å². The minimum Gasteiger partial charge on any atom is -0.497 e. The number of nitrogens with one attached hydrogen (secondary N) is 2. The van der Waals surface area contributed by atoms with Crippen LogP contribution >= 0.6 is 0 Å². The molecule has 0 aliphatic carbocycles. The molecule has 33 heavy (non-hydrogen) atoms. The Balaban J connectivity index is 1.14. The normalized spacial score (nSPS) is 19.0. The molecule has 0 aromatic heterocycles. The lowest BCUT2D eigenvalue weighted by molar-refractivity contribution is -0.117. The second-order valence-electron chi connectivity index (χ2n) is 8.67. The van der Waals surface area contributed by atoms with Gasteiger partial charge >= 0.3 is 6.03 Å². The predicted molar refractivity (Wildman–Crippen MR) is 130 cm³/mol. The van der Waals surface area contributed by atoms with Gasteiger partial charge in [-0.25, -0.2) is 4.79 Å². The van der Waals surface area contributed by atoms with Crippen LogP contribution < -0.4 is 25.2 Å². The molecule has 2 aliphatic heterocycles. The van der Waals surface area contributed by atoms with Crippen molar-refractivity contribution in [3.8, 4) is 5.75 Å². The van der Waals surface area contributed by atoms with E-state index in [0.717, 1.165) is 49.7 Å². The van der Waals surface area contributed by atoms with E-state index in [1.807, 2.05) is 43.3 Å². The minimum atomic E-state index is -0.213. The third-order valence-corrected chi connectivity index (χ3v) is 6.33. The molecular weight excluding hydrogens is 418 g/mol. The van der Waals surface area contributed by atoms with Crippen molar-refractivity contribution < 1.29 is 14.3 Å². The van der Waals surface area contributed by atoms with Crippen molar-refractivity contribution in [1.29, 1.82) is 0 Å². The number of piperazine rings is 1. The van der Waals surface area contributed by atoms with E-state index in [2.05, 4.69) is 32.6 Å². The summed E-state index contributed by atoms with van der Waals surface area (Å²) in [4.78, 5) is 31.2. The van der Waals surface area contributed by atoms with Crippen molar-refractivity contribution in [2.75, 3.05) is 62.7 Å². The van der Waals surface area contributed by atoms with Crippen LogP contribution in [0.15, 0.2) is 48.5 Å². The molecule has 2 aliphatic rings. The zero-order valence-electron chi connectivity index (χ0n) is 19.4. The summed E-state index contributed by atoms with van der Waals surface area (Å²) in [5, 5.41) is 5.89. The van der Waals surface area contributed by atoms with Crippen molar-refractivity contribution in [2.24, 2.45) is 0 Å². The monoisotopic (exact) mass is 451 g/mol. The van der Waals surface area contributed by atoms with Crippen LogP contribution in [0.1, 0.15) is 12.0 Å². The van der Waals surface area contributed by atoms with Crippen LogP contribution in [0, 0.1) is 6.92 Å². The van der Waals surface area contributed by atoms with E-state index in [1.54, 1.807) is 12.0 Å². The molecule has 3 amide bonds. The van der Waals surface area contributed by atoms with Gasteiger partial charge in [-0.3, -0.25) is 9.69 Å². The SMILES string of the molecule is COc1ccc(N2CCN(CCNC(=O)N[C@@H]3CC(=O)N(c4ccc(C)cc4)C3)CC2)cc1. The van der Waals surface area contributed by atoms with Gasteiger partial charge in [-0.15, -0.1) is 0 Å². The van der Waals surface area contributed by atoms with Crippen molar-refractivity contribution in [3.63, 3.8) is 0 Å². The van der Waals surface area contributed by atoms with Crippen LogP contribution in [0.5, 0.6) is 5.75 Å². The fourth-order valence-corrected chi connectivity index (χ4v) is 4.37. The first-order valence-electron chi connectivity index (χ1n) is 11.5. The lowest BCUT2D eigenvalue weighted by Crippen LogP contribution is -2.50. The number of carbonyl (C=O) groups is 2. The number of methoxy groups -OCH3 is 1. The number of rotatable bonds is 7. The van der Waals surface area contributed by atoms with E-state index < -0.39 is 0 Å². The van der Waals surface area contributed by atoms with Crippen LogP contribution in [0.4, 0.5) is 16.2 Å². The van der Waals surface area contributed by atoms with Gasteiger partial charge in [0.15, 0.2) is 0 Å². The average molecular weight is 452 g/mol. The van der Waals surface area contributed by atoms with Gasteiger partial charge in [0.25, 0.3) is 0 Å². The van der Waals surface area contributed by atoms with Gasteiger partial charge in [0.05, 0.1) is 13.2 Å². The number of nitrogens with zero attached hydrogens (tertiary/aromatic N) is 3. The van der Waals surface area contributed by atoms with E-state index in [4.69, 9.17) is 4.74 Å². The summed E-state index contributed by atoms with van der Waals surface area (Å²) in [6.07, 6.45) is 0.328. The topological polar surface area (TPSA) is 77.1 Å². The van der Waals surface area contributed by atoms with Crippen molar-refractivity contribution in [1.82, 2.24) is 15.5 Å². The fraction of sp³-hybridized carbons (Fsp3) is 0.440. The number of aryl methyl sites for hydroxylation is 1. The Morgan fingerprint density at radius 1 is 1.00 bits per heavy atom. The predicted octanol–water partition coefficient (Wildman–Crippen LogP) is 2.23. The number of amides is 3. The zero-order valence-corrected chi connectivity index (χ0v) is 19.4. The number of urea groups is 1. The largest absolute Gasteiger partial charge is 0.497 e. The Labute approximate surface area is 195 Å². The Hall–Kier alpha value is -3.26. The first kappa shape index (κ1) is 22.9. The van der Waals surface area contributed by atoms with Gasteiger partial charge in [-0.2, -0.15) is 0 Å². The summed E-state index contributed by atoms with van der Waals surface area (Å²) >= 11 is 0. The van der Waals surface area contributed by atoms with Crippen molar-refractivity contribution in [3.05, 3.63) is 54.1 Å². The average Bonchev–Trinajstić information content (AvgIpc) is 3.19. The third-order valence-electron chi connectivity index (χ3n) is 6.33. The minimum absolute atomic E-state index is 0.0406. The molecule has 0 unspecified atom stereocenters.